The van der Waals surface area contributed by atoms with E-state index in [2.05, 4.69) is 24.4 Å². The maximum absolute atomic E-state index is 13.6. The Balaban J connectivity index is 1.40. The molecule has 0 saturated carbocycles. The Bertz CT molecular complexity index is 1260. The molecule has 0 bridgehead atoms. The summed E-state index contributed by atoms with van der Waals surface area (Å²) < 4.78 is 0. The standard InChI is InChI=1S/C29H29N3O3/c1-20(21-10-3-2-4-11-21)18-30-27(33)23-13-6-5-12-22(23)19-32-25-15-8-7-14-24(25)28(34)31-17-9-16-26(31)29(32)35/h2-8,10-15,20,26H,9,16-19H2,1H3,(H,30,33)/t20-,26-/m0/s1. The molecule has 1 saturated heterocycles. The highest BCUT2D eigenvalue weighted by Crippen LogP contribution is 2.33. The Labute approximate surface area is 205 Å². The molecule has 0 radical (unpaired) electrons. The lowest BCUT2D eigenvalue weighted by Gasteiger charge is -2.26. The number of carbonyl (C=O) groups is 3. The molecule has 3 aromatic carbocycles. The van der Waals surface area contributed by atoms with Crippen molar-refractivity contribution in [3.63, 3.8) is 0 Å². The number of para-hydroxylation sites is 1. The van der Waals surface area contributed by atoms with Crippen LogP contribution in [-0.4, -0.2) is 41.8 Å². The van der Waals surface area contributed by atoms with E-state index in [1.807, 2.05) is 54.6 Å². The van der Waals surface area contributed by atoms with Crippen molar-refractivity contribution in [2.45, 2.75) is 38.3 Å². The number of amides is 3. The van der Waals surface area contributed by atoms with Gasteiger partial charge in [0.05, 0.1) is 17.8 Å². The van der Waals surface area contributed by atoms with E-state index in [0.29, 0.717) is 36.3 Å². The van der Waals surface area contributed by atoms with E-state index in [1.165, 1.54) is 5.56 Å². The normalized spacial score (nSPS) is 18.0. The zero-order valence-electron chi connectivity index (χ0n) is 19.8. The van der Waals surface area contributed by atoms with Gasteiger partial charge in [-0.3, -0.25) is 14.4 Å². The van der Waals surface area contributed by atoms with Crippen LogP contribution in [0.2, 0.25) is 0 Å². The van der Waals surface area contributed by atoms with Crippen molar-refractivity contribution in [3.05, 3.63) is 101 Å². The van der Waals surface area contributed by atoms with Gasteiger partial charge in [-0.2, -0.15) is 0 Å². The van der Waals surface area contributed by atoms with Crippen LogP contribution < -0.4 is 10.2 Å². The molecule has 2 aliphatic heterocycles. The van der Waals surface area contributed by atoms with Crippen molar-refractivity contribution in [3.8, 4) is 0 Å². The summed E-state index contributed by atoms with van der Waals surface area (Å²) in [5.74, 6) is -0.183. The lowest BCUT2D eigenvalue weighted by Crippen LogP contribution is -2.44. The molecule has 178 valence electrons. The van der Waals surface area contributed by atoms with Gasteiger partial charge in [0.15, 0.2) is 0 Å². The third kappa shape index (κ3) is 4.44. The number of anilines is 1. The molecular formula is C29H29N3O3. The quantitative estimate of drug-likeness (QED) is 0.585. The summed E-state index contributed by atoms with van der Waals surface area (Å²) >= 11 is 0. The highest BCUT2D eigenvalue weighted by molar-refractivity contribution is 6.11. The van der Waals surface area contributed by atoms with Crippen LogP contribution in [0, 0.1) is 0 Å². The molecule has 6 heteroatoms. The van der Waals surface area contributed by atoms with Gasteiger partial charge in [-0.1, -0.05) is 67.6 Å². The van der Waals surface area contributed by atoms with E-state index < -0.39 is 6.04 Å². The molecule has 35 heavy (non-hydrogen) atoms. The number of carbonyl (C=O) groups excluding carboxylic acids is 3. The second kappa shape index (κ2) is 9.74. The van der Waals surface area contributed by atoms with Crippen molar-refractivity contribution in [1.29, 1.82) is 0 Å². The van der Waals surface area contributed by atoms with Crippen LogP contribution in [0.15, 0.2) is 78.9 Å². The summed E-state index contributed by atoms with van der Waals surface area (Å²) in [6, 6.07) is 24.3. The Morgan fingerprint density at radius 1 is 0.971 bits per heavy atom. The molecule has 1 N–H and O–H groups in total. The van der Waals surface area contributed by atoms with Gasteiger partial charge in [-0.15, -0.1) is 0 Å². The molecule has 3 amide bonds. The molecule has 2 aliphatic rings. The Morgan fingerprint density at radius 2 is 1.69 bits per heavy atom. The number of hydrogen-bond donors (Lipinski definition) is 1. The first-order valence-electron chi connectivity index (χ1n) is 12.2. The molecule has 0 aromatic heterocycles. The Hall–Kier alpha value is -3.93. The molecule has 0 spiro atoms. The minimum Gasteiger partial charge on any atom is -0.351 e. The molecule has 6 nitrogen and oxygen atoms in total. The molecule has 3 aromatic rings. The summed E-state index contributed by atoms with van der Waals surface area (Å²) in [6.45, 7) is 3.41. The van der Waals surface area contributed by atoms with Gasteiger partial charge in [0, 0.05) is 18.7 Å². The fourth-order valence-corrected chi connectivity index (χ4v) is 5.06. The number of fused-ring (bicyclic) bond motifs is 2. The average Bonchev–Trinajstić information content (AvgIpc) is 3.38. The maximum atomic E-state index is 13.6. The molecule has 2 heterocycles. The lowest BCUT2D eigenvalue weighted by atomic mass is 10.0. The summed E-state index contributed by atoms with van der Waals surface area (Å²) in [5, 5.41) is 3.06. The number of nitrogens with zero attached hydrogens (tertiary/aromatic N) is 2. The highest BCUT2D eigenvalue weighted by atomic mass is 16.2. The lowest BCUT2D eigenvalue weighted by molar-refractivity contribution is -0.122. The SMILES string of the molecule is C[C@@H](CNC(=O)c1ccccc1CN1C(=O)[C@@H]2CCCN2C(=O)c2ccccc21)c1ccccc1. The Kier molecular flexibility index (Phi) is 6.36. The second-order valence-corrected chi connectivity index (χ2v) is 9.28. The third-order valence-electron chi connectivity index (χ3n) is 7.02. The Morgan fingerprint density at radius 3 is 2.51 bits per heavy atom. The zero-order valence-corrected chi connectivity index (χ0v) is 19.8. The van der Waals surface area contributed by atoms with E-state index in [0.717, 1.165) is 12.0 Å². The topological polar surface area (TPSA) is 69.7 Å². The molecule has 1 fully saturated rings. The average molecular weight is 468 g/mol. The minimum atomic E-state index is -0.456. The zero-order chi connectivity index (χ0) is 24.4. The van der Waals surface area contributed by atoms with Crippen molar-refractivity contribution in [2.75, 3.05) is 18.0 Å². The molecular weight excluding hydrogens is 438 g/mol. The summed E-state index contributed by atoms with van der Waals surface area (Å²) in [7, 11) is 0. The van der Waals surface area contributed by atoms with Gasteiger partial charge in [0.1, 0.15) is 6.04 Å². The van der Waals surface area contributed by atoms with Crippen molar-refractivity contribution < 1.29 is 14.4 Å². The second-order valence-electron chi connectivity index (χ2n) is 9.28. The highest BCUT2D eigenvalue weighted by Gasteiger charge is 2.42. The van der Waals surface area contributed by atoms with Crippen LogP contribution in [0.3, 0.4) is 0 Å². The summed E-state index contributed by atoms with van der Waals surface area (Å²) in [4.78, 5) is 43.4. The van der Waals surface area contributed by atoms with E-state index in [9.17, 15) is 14.4 Å². The number of hydrogen-bond acceptors (Lipinski definition) is 3. The van der Waals surface area contributed by atoms with Gasteiger partial charge in [-0.05, 0) is 48.1 Å². The molecule has 0 unspecified atom stereocenters. The van der Waals surface area contributed by atoms with Crippen LogP contribution in [0.5, 0.6) is 0 Å². The third-order valence-corrected chi connectivity index (χ3v) is 7.02. The van der Waals surface area contributed by atoms with E-state index in [4.69, 9.17) is 0 Å². The largest absolute Gasteiger partial charge is 0.351 e. The number of nitrogens with one attached hydrogen (secondary N) is 1. The van der Waals surface area contributed by atoms with Crippen LogP contribution in [-0.2, 0) is 11.3 Å². The fourth-order valence-electron chi connectivity index (χ4n) is 5.06. The van der Waals surface area contributed by atoms with Crippen molar-refractivity contribution >= 4 is 23.4 Å². The first kappa shape index (κ1) is 22.8. The minimum absolute atomic E-state index is 0.0892. The smallest absolute Gasteiger partial charge is 0.256 e. The van der Waals surface area contributed by atoms with Gasteiger partial charge in [0.2, 0.25) is 5.91 Å². The van der Waals surface area contributed by atoms with Gasteiger partial charge >= 0.3 is 0 Å². The van der Waals surface area contributed by atoms with E-state index >= 15 is 0 Å². The van der Waals surface area contributed by atoms with Gasteiger partial charge in [-0.25, -0.2) is 0 Å². The van der Waals surface area contributed by atoms with Crippen molar-refractivity contribution in [2.24, 2.45) is 0 Å². The fraction of sp³-hybridized carbons (Fsp3) is 0.276. The van der Waals surface area contributed by atoms with E-state index in [-0.39, 0.29) is 30.2 Å². The predicted octanol–water partition coefficient (Wildman–Crippen LogP) is 4.37. The van der Waals surface area contributed by atoms with Crippen LogP contribution in [0.25, 0.3) is 0 Å². The van der Waals surface area contributed by atoms with Crippen molar-refractivity contribution in [1.82, 2.24) is 10.2 Å². The van der Waals surface area contributed by atoms with Gasteiger partial charge < -0.3 is 15.1 Å². The maximum Gasteiger partial charge on any atom is 0.256 e. The predicted molar refractivity (Wildman–Crippen MR) is 135 cm³/mol. The summed E-state index contributed by atoms with van der Waals surface area (Å²) in [6.07, 6.45) is 1.48. The number of rotatable bonds is 6. The van der Waals surface area contributed by atoms with Gasteiger partial charge in [0.25, 0.3) is 11.8 Å². The van der Waals surface area contributed by atoms with Crippen LogP contribution >= 0.6 is 0 Å². The number of benzene rings is 3. The summed E-state index contributed by atoms with van der Waals surface area (Å²) in [5.41, 5.74) is 3.59. The monoisotopic (exact) mass is 467 g/mol. The van der Waals surface area contributed by atoms with Crippen LogP contribution in [0.1, 0.15) is 57.5 Å². The molecule has 2 atom stereocenters. The molecule has 0 aliphatic carbocycles. The molecule has 5 rings (SSSR count). The first-order chi connectivity index (χ1) is 17.0. The van der Waals surface area contributed by atoms with E-state index in [1.54, 1.807) is 21.9 Å². The first-order valence-corrected chi connectivity index (χ1v) is 12.2. The van der Waals surface area contributed by atoms with Crippen LogP contribution in [0.4, 0.5) is 5.69 Å².